The van der Waals surface area contributed by atoms with E-state index < -0.39 is 0 Å². The molecular formula is C14H23N3O3. The van der Waals surface area contributed by atoms with Crippen LogP contribution in [0.5, 0.6) is 0 Å². The molecule has 0 bridgehead atoms. The predicted octanol–water partition coefficient (Wildman–Crippen LogP) is 0.485. The van der Waals surface area contributed by atoms with Gasteiger partial charge in [0.2, 0.25) is 0 Å². The van der Waals surface area contributed by atoms with Crippen LogP contribution in [-0.2, 0) is 11.3 Å². The molecular weight excluding hydrogens is 258 g/mol. The largest absolute Gasteiger partial charge is 0.394 e. The first kappa shape index (κ1) is 15.0. The van der Waals surface area contributed by atoms with Gasteiger partial charge in [-0.3, -0.25) is 4.79 Å². The van der Waals surface area contributed by atoms with Gasteiger partial charge in [0.05, 0.1) is 18.8 Å². The monoisotopic (exact) mass is 281 g/mol. The Kier molecular flexibility index (Phi) is 4.77. The summed E-state index contributed by atoms with van der Waals surface area (Å²) < 4.78 is 7.29. The van der Waals surface area contributed by atoms with Crippen molar-refractivity contribution in [3.05, 3.63) is 22.7 Å². The summed E-state index contributed by atoms with van der Waals surface area (Å²) in [6.45, 7) is 7.82. The van der Waals surface area contributed by atoms with Crippen molar-refractivity contribution >= 4 is 5.82 Å². The number of hydrogen-bond acceptors (Lipinski definition) is 5. The van der Waals surface area contributed by atoms with E-state index in [1.807, 2.05) is 11.8 Å². The summed E-state index contributed by atoms with van der Waals surface area (Å²) in [6, 6.07) is 0. The minimum atomic E-state index is -0.265. The van der Waals surface area contributed by atoms with E-state index in [4.69, 9.17) is 4.74 Å². The van der Waals surface area contributed by atoms with E-state index in [-0.39, 0.29) is 24.4 Å². The second kappa shape index (κ2) is 6.37. The molecule has 1 fully saturated rings. The lowest BCUT2D eigenvalue weighted by molar-refractivity contribution is -0.0423. The molecule has 2 rings (SSSR count). The summed E-state index contributed by atoms with van der Waals surface area (Å²) in [5.74, 6) is 0.846. The fourth-order valence-corrected chi connectivity index (χ4v) is 2.51. The lowest BCUT2D eigenvalue weighted by Crippen LogP contribution is -2.50. The smallest absolute Gasteiger partial charge is 0.293 e. The van der Waals surface area contributed by atoms with Crippen LogP contribution in [0.4, 0.5) is 5.82 Å². The van der Waals surface area contributed by atoms with Crippen molar-refractivity contribution in [3.8, 4) is 0 Å². The standard InChI is InChI=1S/C14H23N3O3/c1-10(2)6-16-5-4-15-13(14(16)19)17-7-11(3)20-12(8-17)9-18/h4-5,10-12,18H,6-9H2,1-3H3. The zero-order chi connectivity index (χ0) is 14.7. The maximum atomic E-state index is 12.5. The van der Waals surface area contributed by atoms with Gasteiger partial charge in [-0.05, 0) is 12.8 Å². The minimum Gasteiger partial charge on any atom is -0.394 e. The first-order valence-electron chi connectivity index (χ1n) is 7.08. The maximum absolute atomic E-state index is 12.5. The van der Waals surface area contributed by atoms with E-state index in [9.17, 15) is 9.90 Å². The molecule has 112 valence electrons. The van der Waals surface area contributed by atoms with E-state index in [0.29, 0.717) is 31.4 Å². The normalized spacial score (nSPS) is 23.4. The van der Waals surface area contributed by atoms with Gasteiger partial charge in [0, 0.05) is 32.0 Å². The molecule has 0 aliphatic carbocycles. The van der Waals surface area contributed by atoms with Crippen molar-refractivity contribution in [2.24, 2.45) is 5.92 Å². The first-order chi connectivity index (χ1) is 9.51. The first-order valence-corrected chi connectivity index (χ1v) is 7.08. The quantitative estimate of drug-likeness (QED) is 0.869. The Labute approximate surface area is 119 Å². The molecule has 2 unspecified atom stereocenters. The zero-order valence-electron chi connectivity index (χ0n) is 12.3. The molecule has 1 aliphatic rings. The van der Waals surface area contributed by atoms with Gasteiger partial charge >= 0.3 is 0 Å². The van der Waals surface area contributed by atoms with Crippen molar-refractivity contribution in [2.75, 3.05) is 24.6 Å². The Balaban J connectivity index is 2.26. The summed E-state index contributed by atoms with van der Waals surface area (Å²) in [5, 5.41) is 9.26. The van der Waals surface area contributed by atoms with Crippen LogP contribution in [0, 0.1) is 5.92 Å². The molecule has 6 nitrogen and oxygen atoms in total. The number of rotatable bonds is 4. The number of anilines is 1. The molecule has 1 N–H and O–H groups in total. The average molecular weight is 281 g/mol. The van der Waals surface area contributed by atoms with Crippen molar-refractivity contribution in [3.63, 3.8) is 0 Å². The highest BCUT2D eigenvalue weighted by Crippen LogP contribution is 2.15. The van der Waals surface area contributed by atoms with Gasteiger partial charge in [-0.15, -0.1) is 0 Å². The average Bonchev–Trinajstić information content (AvgIpc) is 2.40. The number of ether oxygens (including phenoxy) is 1. The maximum Gasteiger partial charge on any atom is 0.293 e. The molecule has 0 saturated carbocycles. The molecule has 6 heteroatoms. The molecule has 1 saturated heterocycles. The van der Waals surface area contributed by atoms with Gasteiger partial charge in [0.15, 0.2) is 5.82 Å². The second-order valence-electron chi connectivity index (χ2n) is 5.76. The lowest BCUT2D eigenvalue weighted by Gasteiger charge is -2.36. The van der Waals surface area contributed by atoms with Crippen molar-refractivity contribution in [1.82, 2.24) is 9.55 Å². The van der Waals surface area contributed by atoms with Gasteiger partial charge < -0.3 is 19.3 Å². The molecule has 0 amide bonds. The van der Waals surface area contributed by atoms with Crippen LogP contribution in [0.3, 0.4) is 0 Å². The molecule has 2 atom stereocenters. The van der Waals surface area contributed by atoms with E-state index >= 15 is 0 Å². The minimum absolute atomic E-state index is 0.0270. The van der Waals surface area contributed by atoms with Gasteiger partial charge in [0.25, 0.3) is 5.56 Å². The Morgan fingerprint density at radius 2 is 2.25 bits per heavy atom. The Hall–Kier alpha value is -1.40. The van der Waals surface area contributed by atoms with Gasteiger partial charge in [-0.25, -0.2) is 4.98 Å². The molecule has 0 aromatic carbocycles. The third-order valence-electron chi connectivity index (χ3n) is 3.29. The van der Waals surface area contributed by atoms with Gasteiger partial charge in [0.1, 0.15) is 0 Å². The highest BCUT2D eigenvalue weighted by atomic mass is 16.5. The van der Waals surface area contributed by atoms with E-state index in [1.165, 1.54) is 0 Å². The fourth-order valence-electron chi connectivity index (χ4n) is 2.51. The van der Waals surface area contributed by atoms with Crippen LogP contribution < -0.4 is 10.5 Å². The summed E-state index contributed by atoms with van der Waals surface area (Å²) in [7, 11) is 0. The molecule has 2 heterocycles. The van der Waals surface area contributed by atoms with Gasteiger partial charge in [-0.2, -0.15) is 0 Å². The highest BCUT2D eigenvalue weighted by molar-refractivity contribution is 5.36. The van der Waals surface area contributed by atoms with Crippen LogP contribution in [-0.4, -0.2) is 46.6 Å². The summed E-state index contributed by atoms with van der Waals surface area (Å²) >= 11 is 0. The Morgan fingerprint density at radius 3 is 2.90 bits per heavy atom. The fraction of sp³-hybridized carbons (Fsp3) is 0.714. The summed E-state index contributed by atoms with van der Waals surface area (Å²) in [4.78, 5) is 18.6. The summed E-state index contributed by atoms with van der Waals surface area (Å²) in [6.07, 6.45) is 3.09. The summed E-state index contributed by atoms with van der Waals surface area (Å²) in [5.41, 5.74) is -0.0769. The van der Waals surface area contributed by atoms with Crippen LogP contribution in [0.2, 0.25) is 0 Å². The second-order valence-corrected chi connectivity index (χ2v) is 5.76. The molecule has 1 aromatic heterocycles. The Morgan fingerprint density at radius 1 is 1.50 bits per heavy atom. The lowest BCUT2D eigenvalue weighted by atomic mass is 10.2. The van der Waals surface area contributed by atoms with E-state index in [1.54, 1.807) is 17.0 Å². The zero-order valence-corrected chi connectivity index (χ0v) is 12.3. The molecule has 0 spiro atoms. The molecule has 1 aromatic rings. The van der Waals surface area contributed by atoms with Gasteiger partial charge in [-0.1, -0.05) is 13.8 Å². The van der Waals surface area contributed by atoms with Crippen molar-refractivity contribution in [2.45, 2.75) is 39.5 Å². The number of nitrogens with zero attached hydrogens (tertiary/aromatic N) is 3. The van der Waals surface area contributed by atoms with Crippen LogP contribution in [0.1, 0.15) is 20.8 Å². The third-order valence-corrected chi connectivity index (χ3v) is 3.29. The SMILES string of the molecule is CC(C)Cn1ccnc(N2CC(C)OC(CO)C2)c1=O. The molecule has 1 aliphatic heterocycles. The highest BCUT2D eigenvalue weighted by Gasteiger charge is 2.27. The van der Waals surface area contributed by atoms with E-state index in [0.717, 1.165) is 0 Å². The number of aliphatic hydroxyl groups excluding tert-OH is 1. The number of aliphatic hydroxyl groups is 1. The van der Waals surface area contributed by atoms with Crippen LogP contribution in [0.15, 0.2) is 17.2 Å². The number of morpholine rings is 1. The van der Waals surface area contributed by atoms with Crippen molar-refractivity contribution in [1.29, 1.82) is 0 Å². The van der Waals surface area contributed by atoms with Crippen molar-refractivity contribution < 1.29 is 9.84 Å². The topological polar surface area (TPSA) is 67.6 Å². The molecule has 0 radical (unpaired) electrons. The number of hydrogen-bond donors (Lipinski definition) is 1. The van der Waals surface area contributed by atoms with Crippen LogP contribution in [0.25, 0.3) is 0 Å². The predicted molar refractivity (Wildman–Crippen MR) is 77.0 cm³/mol. The Bertz CT molecular complexity index is 501. The van der Waals surface area contributed by atoms with Crippen LogP contribution >= 0.6 is 0 Å². The third kappa shape index (κ3) is 3.37. The number of aromatic nitrogens is 2. The van der Waals surface area contributed by atoms with E-state index in [2.05, 4.69) is 18.8 Å². The molecule has 20 heavy (non-hydrogen) atoms.